The van der Waals surface area contributed by atoms with Gasteiger partial charge in [-0.3, -0.25) is 9.48 Å². The smallest absolute Gasteiger partial charge is 0.251 e. The largest absolute Gasteiger partial charge is 0.493 e. The summed E-state index contributed by atoms with van der Waals surface area (Å²) in [5.41, 5.74) is 1.51. The molecule has 0 aliphatic carbocycles. The minimum atomic E-state index is -0.150. The van der Waals surface area contributed by atoms with Gasteiger partial charge in [-0.1, -0.05) is 23.7 Å². The van der Waals surface area contributed by atoms with E-state index < -0.39 is 0 Å². The lowest BCUT2D eigenvalue weighted by molar-refractivity contribution is 0.0952. The molecule has 0 atom stereocenters. The summed E-state index contributed by atoms with van der Waals surface area (Å²) in [5, 5.41) is 7.72. The average Bonchev–Trinajstić information content (AvgIpc) is 3.24. The zero-order valence-electron chi connectivity index (χ0n) is 15.6. The lowest BCUT2D eigenvalue weighted by atomic mass is 10.2. The van der Waals surface area contributed by atoms with Crippen molar-refractivity contribution in [1.82, 2.24) is 15.1 Å². The Morgan fingerprint density at radius 3 is 2.71 bits per heavy atom. The van der Waals surface area contributed by atoms with Crippen molar-refractivity contribution >= 4 is 17.5 Å². The average molecular weight is 400 g/mol. The van der Waals surface area contributed by atoms with Crippen LogP contribution in [0.25, 0.3) is 0 Å². The van der Waals surface area contributed by atoms with Crippen molar-refractivity contribution in [2.75, 3.05) is 13.7 Å². The third-order valence-electron chi connectivity index (χ3n) is 4.14. The van der Waals surface area contributed by atoms with Crippen LogP contribution in [-0.4, -0.2) is 29.3 Å². The molecule has 0 radical (unpaired) electrons. The van der Waals surface area contributed by atoms with Crippen LogP contribution in [0.15, 0.2) is 60.9 Å². The Labute approximate surface area is 169 Å². The molecule has 3 aromatic rings. The van der Waals surface area contributed by atoms with Crippen molar-refractivity contribution in [1.29, 1.82) is 0 Å². The number of halogens is 1. The normalized spacial score (nSPS) is 10.5. The van der Waals surface area contributed by atoms with Crippen LogP contribution in [0.3, 0.4) is 0 Å². The minimum Gasteiger partial charge on any atom is -0.493 e. The molecule has 146 valence electrons. The molecule has 7 heteroatoms. The first-order valence-electron chi connectivity index (χ1n) is 8.96. The number of aryl methyl sites for hydroxylation is 1. The Morgan fingerprint density at radius 1 is 1.18 bits per heavy atom. The van der Waals surface area contributed by atoms with E-state index in [1.54, 1.807) is 31.5 Å². The first-order valence-corrected chi connectivity index (χ1v) is 9.34. The number of aromatic nitrogens is 2. The van der Waals surface area contributed by atoms with Gasteiger partial charge < -0.3 is 14.8 Å². The van der Waals surface area contributed by atoms with Gasteiger partial charge in [-0.25, -0.2) is 0 Å². The fraction of sp³-hybridized carbons (Fsp3) is 0.238. The van der Waals surface area contributed by atoms with Gasteiger partial charge in [0.1, 0.15) is 6.61 Å². The molecule has 1 N–H and O–H groups in total. The summed E-state index contributed by atoms with van der Waals surface area (Å²) in [6.45, 7) is 1.70. The predicted octanol–water partition coefficient (Wildman–Crippen LogP) is 3.94. The second-order valence-electron chi connectivity index (χ2n) is 6.16. The molecule has 0 saturated heterocycles. The van der Waals surface area contributed by atoms with Crippen molar-refractivity contribution in [3.05, 3.63) is 77.1 Å². The van der Waals surface area contributed by atoms with Gasteiger partial charge in [-0.05, 0) is 48.4 Å². The maximum absolute atomic E-state index is 12.4. The van der Waals surface area contributed by atoms with E-state index in [4.69, 9.17) is 21.1 Å². The Hall–Kier alpha value is -2.99. The van der Waals surface area contributed by atoms with Crippen molar-refractivity contribution in [2.24, 2.45) is 0 Å². The van der Waals surface area contributed by atoms with Crippen LogP contribution >= 0.6 is 11.6 Å². The molecule has 0 aliphatic rings. The second-order valence-corrected chi connectivity index (χ2v) is 6.60. The molecular formula is C21H22ClN3O3. The van der Waals surface area contributed by atoms with E-state index in [1.165, 1.54) is 0 Å². The van der Waals surface area contributed by atoms with E-state index in [0.717, 1.165) is 18.5 Å². The molecule has 0 saturated carbocycles. The number of rotatable bonds is 9. The molecular weight excluding hydrogens is 378 g/mol. The van der Waals surface area contributed by atoms with Crippen molar-refractivity contribution in [3.63, 3.8) is 0 Å². The van der Waals surface area contributed by atoms with Gasteiger partial charge in [0.15, 0.2) is 11.5 Å². The zero-order chi connectivity index (χ0) is 19.8. The molecule has 0 fully saturated rings. The quantitative estimate of drug-likeness (QED) is 0.553. The monoisotopic (exact) mass is 399 g/mol. The lowest BCUT2D eigenvalue weighted by Gasteiger charge is -2.12. The minimum absolute atomic E-state index is 0.150. The third kappa shape index (κ3) is 5.50. The van der Waals surface area contributed by atoms with Crippen molar-refractivity contribution in [2.45, 2.75) is 19.6 Å². The molecule has 0 aliphatic heterocycles. The molecule has 1 heterocycles. The SMILES string of the molecule is COc1cc(C(=O)NCCCn2cccn2)ccc1OCc1ccc(Cl)cc1. The number of amides is 1. The molecule has 2 aromatic carbocycles. The molecule has 0 spiro atoms. The first kappa shape index (κ1) is 19.8. The molecule has 6 nitrogen and oxygen atoms in total. The van der Waals surface area contributed by atoms with E-state index in [0.29, 0.717) is 35.2 Å². The number of methoxy groups -OCH3 is 1. The fourth-order valence-electron chi connectivity index (χ4n) is 2.65. The number of ether oxygens (including phenoxy) is 2. The Bertz CT molecular complexity index is 896. The van der Waals surface area contributed by atoms with Crippen LogP contribution < -0.4 is 14.8 Å². The summed E-state index contributed by atoms with van der Waals surface area (Å²) < 4.78 is 13.0. The number of nitrogens with one attached hydrogen (secondary N) is 1. The van der Waals surface area contributed by atoms with Gasteiger partial charge in [-0.15, -0.1) is 0 Å². The highest BCUT2D eigenvalue weighted by Crippen LogP contribution is 2.29. The standard InChI is InChI=1S/C21H22ClN3O3/c1-27-20-14-17(21(26)23-10-2-12-25-13-3-11-24-25)6-9-19(20)28-15-16-4-7-18(22)8-5-16/h3-9,11,13-14H,2,10,12,15H2,1H3,(H,23,26). The van der Waals surface area contributed by atoms with Gasteiger partial charge in [-0.2, -0.15) is 5.10 Å². The van der Waals surface area contributed by atoms with Gasteiger partial charge in [0.05, 0.1) is 7.11 Å². The van der Waals surface area contributed by atoms with Crippen LogP contribution in [-0.2, 0) is 13.2 Å². The highest BCUT2D eigenvalue weighted by Gasteiger charge is 2.11. The Kier molecular flexibility index (Phi) is 6.92. The summed E-state index contributed by atoms with van der Waals surface area (Å²) in [6, 6.07) is 14.5. The highest BCUT2D eigenvalue weighted by atomic mass is 35.5. The molecule has 0 bridgehead atoms. The maximum Gasteiger partial charge on any atom is 0.251 e. The van der Waals surface area contributed by atoms with E-state index in [9.17, 15) is 4.79 Å². The lowest BCUT2D eigenvalue weighted by Crippen LogP contribution is -2.25. The van der Waals surface area contributed by atoms with Crippen LogP contribution in [0.5, 0.6) is 11.5 Å². The number of hydrogen-bond acceptors (Lipinski definition) is 4. The van der Waals surface area contributed by atoms with Crippen LogP contribution in [0, 0.1) is 0 Å². The number of carbonyl (C=O) groups excluding carboxylic acids is 1. The van der Waals surface area contributed by atoms with Crippen molar-refractivity contribution in [3.8, 4) is 11.5 Å². The number of nitrogens with zero attached hydrogens (tertiary/aromatic N) is 2. The topological polar surface area (TPSA) is 65.4 Å². The Morgan fingerprint density at radius 2 is 2.00 bits per heavy atom. The van der Waals surface area contributed by atoms with Crippen molar-refractivity contribution < 1.29 is 14.3 Å². The summed E-state index contributed by atoms with van der Waals surface area (Å²) in [5.74, 6) is 0.939. The van der Waals surface area contributed by atoms with E-state index in [2.05, 4.69) is 10.4 Å². The van der Waals surface area contributed by atoms with Gasteiger partial charge in [0.25, 0.3) is 5.91 Å². The predicted molar refractivity (Wildman–Crippen MR) is 108 cm³/mol. The fourth-order valence-corrected chi connectivity index (χ4v) is 2.77. The number of hydrogen-bond donors (Lipinski definition) is 1. The third-order valence-corrected chi connectivity index (χ3v) is 4.39. The van der Waals surface area contributed by atoms with E-state index >= 15 is 0 Å². The summed E-state index contributed by atoms with van der Waals surface area (Å²) >= 11 is 5.89. The van der Waals surface area contributed by atoms with Crippen LogP contribution in [0.2, 0.25) is 5.02 Å². The number of carbonyl (C=O) groups is 1. The summed E-state index contributed by atoms with van der Waals surface area (Å²) in [4.78, 5) is 12.4. The first-order chi connectivity index (χ1) is 13.7. The van der Waals surface area contributed by atoms with Crippen LogP contribution in [0.1, 0.15) is 22.3 Å². The zero-order valence-corrected chi connectivity index (χ0v) is 16.4. The summed E-state index contributed by atoms with van der Waals surface area (Å²) in [6.07, 6.45) is 4.43. The molecule has 1 amide bonds. The highest BCUT2D eigenvalue weighted by molar-refractivity contribution is 6.30. The van der Waals surface area contributed by atoms with Gasteiger partial charge in [0.2, 0.25) is 0 Å². The van der Waals surface area contributed by atoms with Gasteiger partial charge in [0, 0.05) is 36.1 Å². The molecule has 3 rings (SSSR count). The van der Waals surface area contributed by atoms with E-state index in [1.807, 2.05) is 41.2 Å². The van der Waals surface area contributed by atoms with E-state index in [-0.39, 0.29) is 5.91 Å². The van der Waals surface area contributed by atoms with Crippen LogP contribution in [0.4, 0.5) is 0 Å². The Balaban J connectivity index is 1.53. The molecule has 28 heavy (non-hydrogen) atoms. The second kappa shape index (κ2) is 9.80. The molecule has 0 unspecified atom stereocenters. The maximum atomic E-state index is 12.4. The summed E-state index contributed by atoms with van der Waals surface area (Å²) in [7, 11) is 1.55. The van der Waals surface area contributed by atoms with Gasteiger partial charge >= 0.3 is 0 Å². The number of benzene rings is 2. The molecule has 1 aromatic heterocycles.